The Hall–Kier alpha value is -0.200. The number of halogens is 6. The standard InChI is InChI=1S/C16H22ClF3N2.2ClH/c1-2-3-4-15(22-7-5-21-6-8-22)12-9-13(16(18,19)20)11-14(17)10-12;;/h9-11,15,21H,2-8H2,1H3;2*1H/t15-;;/m0../s1. The lowest BCUT2D eigenvalue weighted by Crippen LogP contribution is -2.45. The van der Waals surface area contributed by atoms with E-state index in [1.54, 1.807) is 6.07 Å². The lowest BCUT2D eigenvalue weighted by atomic mass is 9.97. The van der Waals surface area contributed by atoms with Gasteiger partial charge in [0.25, 0.3) is 0 Å². The molecule has 0 aromatic heterocycles. The first kappa shape index (κ1) is 23.8. The van der Waals surface area contributed by atoms with Crippen LogP contribution in [-0.2, 0) is 6.18 Å². The molecule has 1 aromatic rings. The number of nitrogens with zero attached hydrogens (tertiary/aromatic N) is 1. The number of unbranched alkanes of at least 4 members (excludes halogenated alkanes) is 1. The molecule has 0 bridgehead atoms. The summed E-state index contributed by atoms with van der Waals surface area (Å²) in [5.41, 5.74) is 0.0156. The van der Waals surface area contributed by atoms with Crippen LogP contribution in [0.15, 0.2) is 18.2 Å². The van der Waals surface area contributed by atoms with Crippen molar-refractivity contribution in [1.29, 1.82) is 0 Å². The van der Waals surface area contributed by atoms with Crippen LogP contribution < -0.4 is 5.32 Å². The molecule has 1 N–H and O–H groups in total. The van der Waals surface area contributed by atoms with Gasteiger partial charge in [0.05, 0.1) is 5.56 Å². The highest BCUT2D eigenvalue weighted by atomic mass is 35.5. The molecule has 0 unspecified atom stereocenters. The Bertz CT molecular complexity index is 492. The molecule has 2 nitrogen and oxygen atoms in total. The summed E-state index contributed by atoms with van der Waals surface area (Å²) in [6.45, 7) is 5.53. The molecule has 1 atom stereocenters. The normalized spacial score (nSPS) is 16.9. The van der Waals surface area contributed by atoms with Crippen LogP contribution in [0.25, 0.3) is 0 Å². The van der Waals surface area contributed by atoms with Gasteiger partial charge < -0.3 is 5.32 Å². The molecule has 0 spiro atoms. The van der Waals surface area contributed by atoms with Crippen molar-refractivity contribution in [1.82, 2.24) is 10.2 Å². The predicted molar refractivity (Wildman–Crippen MR) is 97.7 cm³/mol. The van der Waals surface area contributed by atoms with Crippen molar-refractivity contribution in [3.05, 3.63) is 34.3 Å². The van der Waals surface area contributed by atoms with Gasteiger partial charge >= 0.3 is 6.18 Å². The molecule has 1 saturated heterocycles. The van der Waals surface area contributed by atoms with Crippen LogP contribution in [0, 0.1) is 0 Å². The third-order valence-corrected chi connectivity index (χ3v) is 4.27. The van der Waals surface area contributed by atoms with Crippen molar-refractivity contribution in [2.24, 2.45) is 0 Å². The second kappa shape index (κ2) is 10.7. The molecule has 0 amide bonds. The maximum atomic E-state index is 13.0. The van der Waals surface area contributed by atoms with Crippen molar-refractivity contribution in [3.8, 4) is 0 Å². The summed E-state index contributed by atoms with van der Waals surface area (Å²) >= 11 is 5.94. The lowest BCUT2D eigenvalue weighted by Gasteiger charge is -2.35. The molecule has 24 heavy (non-hydrogen) atoms. The van der Waals surface area contributed by atoms with Gasteiger partial charge in [-0.2, -0.15) is 13.2 Å². The minimum absolute atomic E-state index is 0. The van der Waals surface area contributed by atoms with Gasteiger partial charge in [0.15, 0.2) is 0 Å². The van der Waals surface area contributed by atoms with Gasteiger partial charge in [-0.05, 0) is 30.2 Å². The smallest absolute Gasteiger partial charge is 0.314 e. The average Bonchev–Trinajstić information content (AvgIpc) is 2.47. The Balaban J connectivity index is 0.00000264. The summed E-state index contributed by atoms with van der Waals surface area (Å²) in [6.07, 6.45) is -1.50. The molecule has 8 heteroatoms. The first-order chi connectivity index (χ1) is 10.4. The number of benzene rings is 1. The molecular formula is C16H24Cl3F3N2. The minimum atomic E-state index is -4.36. The fourth-order valence-electron chi connectivity index (χ4n) is 2.92. The SMILES string of the molecule is CCCC[C@@H](c1cc(Cl)cc(C(F)(F)F)c1)N1CCNCC1.Cl.Cl. The first-order valence-electron chi connectivity index (χ1n) is 7.74. The maximum absolute atomic E-state index is 13.0. The Morgan fingerprint density at radius 3 is 2.33 bits per heavy atom. The summed E-state index contributed by atoms with van der Waals surface area (Å²) in [7, 11) is 0. The number of rotatable bonds is 5. The molecule has 0 saturated carbocycles. The zero-order chi connectivity index (χ0) is 16.2. The largest absolute Gasteiger partial charge is 0.416 e. The van der Waals surface area contributed by atoms with E-state index in [2.05, 4.69) is 17.1 Å². The third-order valence-electron chi connectivity index (χ3n) is 4.06. The third kappa shape index (κ3) is 6.60. The van der Waals surface area contributed by atoms with Crippen molar-refractivity contribution in [2.45, 2.75) is 38.4 Å². The van der Waals surface area contributed by atoms with Gasteiger partial charge in [-0.25, -0.2) is 0 Å². The van der Waals surface area contributed by atoms with E-state index in [-0.39, 0.29) is 35.9 Å². The van der Waals surface area contributed by atoms with E-state index in [0.29, 0.717) is 5.56 Å². The molecule has 1 aliphatic rings. The highest BCUT2D eigenvalue weighted by Crippen LogP contribution is 2.36. The van der Waals surface area contributed by atoms with Crippen molar-refractivity contribution >= 4 is 36.4 Å². The molecule has 140 valence electrons. The molecule has 0 radical (unpaired) electrons. The van der Waals surface area contributed by atoms with Crippen molar-refractivity contribution in [3.63, 3.8) is 0 Å². The van der Waals surface area contributed by atoms with Crippen LogP contribution in [0.5, 0.6) is 0 Å². The summed E-state index contributed by atoms with van der Waals surface area (Å²) in [4.78, 5) is 2.26. The topological polar surface area (TPSA) is 15.3 Å². The monoisotopic (exact) mass is 406 g/mol. The molecular weight excluding hydrogens is 384 g/mol. The number of hydrogen-bond acceptors (Lipinski definition) is 2. The van der Waals surface area contributed by atoms with E-state index in [1.165, 1.54) is 6.07 Å². The molecule has 0 aliphatic carbocycles. The van der Waals surface area contributed by atoms with Crippen molar-refractivity contribution in [2.75, 3.05) is 26.2 Å². The van der Waals surface area contributed by atoms with Crippen LogP contribution in [0.1, 0.15) is 43.4 Å². The first-order valence-corrected chi connectivity index (χ1v) is 8.12. The highest BCUT2D eigenvalue weighted by Gasteiger charge is 2.32. The van der Waals surface area contributed by atoms with E-state index in [1.807, 2.05) is 0 Å². The quantitative estimate of drug-likeness (QED) is 0.709. The molecule has 1 fully saturated rings. The lowest BCUT2D eigenvalue weighted by molar-refractivity contribution is -0.137. The van der Waals surface area contributed by atoms with Gasteiger partial charge in [0, 0.05) is 37.2 Å². The van der Waals surface area contributed by atoms with Crippen LogP contribution in [0.3, 0.4) is 0 Å². The van der Waals surface area contributed by atoms with E-state index >= 15 is 0 Å². The summed E-state index contributed by atoms with van der Waals surface area (Å²) < 4.78 is 39.1. The van der Waals surface area contributed by atoms with E-state index in [9.17, 15) is 13.2 Å². The summed E-state index contributed by atoms with van der Waals surface area (Å²) in [5.74, 6) is 0. The Morgan fingerprint density at radius 2 is 1.79 bits per heavy atom. The van der Waals surface area contributed by atoms with E-state index < -0.39 is 11.7 Å². The number of piperazine rings is 1. The van der Waals surface area contributed by atoms with Gasteiger partial charge in [-0.3, -0.25) is 4.90 Å². The predicted octanol–water partition coefficient (Wildman–Crippen LogP) is 5.34. The zero-order valence-corrected chi connectivity index (χ0v) is 15.9. The second-order valence-corrected chi connectivity index (χ2v) is 6.15. The van der Waals surface area contributed by atoms with Gasteiger partial charge in [-0.15, -0.1) is 24.8 Å². The Morgan fingerprint density at radius 1 is 1.17 bits per heavy atom. The minimum Gasteiger partial charge on any atom is -0.314 e. The van der Waals surface area contributed by atoms with Crippen molar-refractivity contribution < 1.29 is 13.2 Å². The molecule has 1 aromatic carbocycles. The Kier molecular flexibility index (Phi) is 10.6. The van der Waals surface area contributed by atoms with Crippen LogP contribution >= 0.6 is 36.4 Å². The van der Waals surface area contributed by atoms with Crippen LogP contribution in [-0.4, -0.2) is 31.1 Å². The number of hydrogen-bond donors (Lipinski definition) is 1. The van der Waals surface area contributed by atoms with Crippen LogP contribution in [0.2, 0.25) is 5.02 Å². The highest BCUT2D eigenvalue weighted by molar-refractivity contribution is 6.30. The van der Waals surface area contributed by atoms with Gasteiger partial charge in [0.2, 0.25) is 0 Å². The second-order valence-electron chi connectivity index (χ2n) is 5.71. The van der Waals surface area contributed by atoms with Gasteiger partial charge in [0.1, 0.15) is 0 Å². The number of alkyl halides is 3. The molecule has 1 aliphatic heterocycles. The molecule has 1 heterocycles. The zero-order valence-electron chi connectivity index (χ0n) is 13.5. The maximum Gasteiger partial charge on any atom is 0.416 e. The van der Waals surface area contributed by atoms with Gasteiger partial charge in [-0.1, -0.05) is 31.4 Å². The molecule has 2 rings (SSSR count). The average molecular weight is 408 g/mol. The van der Waals surface area contributed by atoms with Crippen LogP contribution in [0.4, 0.5) is 13.2 Å². The fourth-order valence-corrected chi connectivity index (χ4v) is 3.16. The summed E-state index contributed by atoms with van der Waals surface area (Å²) in [6, 6.07) is 3.94. The Labute approximate surface area is 158 Å². The summed E-state index contributed by atoms with van der Waals surface area (Å²) in [5, 5.41) is 3.43. The fraction of sp³-hybridized carbons (Fsp3) is 0.625. The van der Waals surface area contributed by atoms with E-state index in [4.69, 9.17) is 11.6 Å². The van der Waals surface area contributed by atoms with E-state index in [0.717, 1.165) is 51.5 Å². The number of nitrogens with one attached hydrogen (secondary N) is 1.